The number of benzene rings is 2. The second-order valence-electron chi connectivity index (χ2n) is 10.3. The Hall–Kier alpha value is -2.60. The van der Waals surface area contributed by atoms with Crippen LogP contribution in [0.3, 0.4) is 0 Å². The third-order valence-electron chi connectivity index (χ3n) is 6.51. The van der Waals surface area contributed by atoms with Gasteiger partial charge < -0.3 is 15.0 Å². The molecule has 0 saturated heterocycles. The number of carbonyl (C=O) groups is 2. The summed E-state index contributed by atoms with van der Waals surface area (Å²) in [6, 6.07) is 13.3. The highest BCUT2D eigenvalue weighted by Crippen LogP contribution is 2.51. The Balaban J connectivity index is 1.43. The van der Waals surface area contributed by atoms with Gasteiger partial charge in [0, 0.05) is 29.7 Å². The molecular formula is C27H32ClFN2O3. The fourth-order valence-corrected chi connectivity index (χ4v) is 5.14. The predicted octanol–water partition coefficient (Wildman–Crippen LogP) is 6.64. The molecule has 2 atom stereocenters. The van der Waals surface area contributed by atoms with Gasteiger partial charge in [-0.2, -0.15) is 0 Å². The summed E-state index contributed by atoms with van der Waals surface area (Å²) in [5.74, 6) is -0.872. The van der Waals surface area contributed by atoms with Crippen LogP contribution in [-0.2, 0) is 22.5 Å². The fourth-order valence-electron chi connectivity index (χ4n) is 4.93. The molecule has 1 N–H and O–H groups in total. The van der Waals surface area contributed by atoms with Gasteiger partial charge in [0.15, 0.2) is 5.67 Å². The first-order valence-corrected chi connectivity index (χ1v) is 12.3. The summed E-state index contributed by atoms with van der Waals surface area (Å²) in [6.07, 6.45) is 2.77. The van der Waals surface area contributed by atoms with E-state index in [0.717, 1.165) is 23.1 Å². The molecule has 2 aromatic rings. The molecule has 1 fully saturated rings. The van der Waals surface area contributed by atoms with Gasteiger partial charge in [-0.3, -0.25) is 4.79 Å². The van der Waals surface area contributed by atoms with Crippen molar-refractivity contribution in [2.75, 3.05) is 11.9 Å². The van der Waals surface area contributed by atoms with E-state index >= 15 is 4.39 Å². The Morgan fingerprint density at radius 2 is 2.03 bits per heavy atom. The molecule has 0 radical (unpaired) electrons. The van der Waals surface area contributed by atoms with Crippen LogP contribution in [0.15, 0.2) is 42.5 Å². The van der Waals surface area contributed by atoms with Crippen molar-refractivity contribution in [2.45, 2.75) is 76.6 Å². The molecule has 7 heteroatoms. The van der Waals surface area contributed by atoms with E-state index in [0.29, 0.717) is 43.1 Å². The van der Waals surface area contributed by atoms with Crippen molar-refractivity contribution in [1.82, 2.24) is 4.90 Å². The average Bonchev–Trinajstić information content (AvgIpc) is 3.15. The number of alkyl halides is 1. The molecule has 5 nitrogen and oxygen atoms in total. The molecule has 182 valence electrons. The van der Waals surface area contributed by atoms with Crippen LogP contribution in [0.4, 0.5) is 14.9 Å². The van der Waals surface area contributed by atoms with Gasteiger partial charge in [0.1, 0.15) is 5.60 Å². The van der Waals surface area contributed by atoms with Crippen LogP contribution >= 0.6 is 11.6 Å². The lowest BCUT2D eigenvalue weighted by atomic mass is 9.81. The Labute approximate surface area is 205 Å². The van der Waals surface area contributed by atoms with E-state index in [9.17, 15) is 9.59 Å². The Morgan fingerprint density at radius 1 is 1.24 bits per heavy atom. The predicted molar refractivity (Wildman–Crippen MR) is 132 cm³/mol. The molecule has 2 aliphatic rings. The van der Waals surface area contributed by atoms with Crippen molar-refractivity contribution in [2.24, 2.45) is 0 Å². The molecule has 1 saturated carbocycles. The Bertz CT molecular complexity index is 1080. The highest BCUT2D eigenvalue weighted by molar-refractivity contribution is 6.30. The number of nitrogens with zero attached hydrogens (tertiary/aromatic N) is 1. The highest BCUT2D eigenvalue weighted by atomic mass is 35.5. The maximum atomic E-state index is 15.1. The van der Waals surface area contributed by atoms with Gasteiger partial charge in [-0.25, -0.2) is 9.18 Å². The van der Waals surface area contributed by atoms with Crippen LogP contribution in [0.25, 0.3) is 0 Å². The van der Waals surface area contributed by atoms with Gasteiger partial charge in [-0.15, -0.1) is 0 Å². The van der Waals surface area contributed by atoms with E-state index in [1.54, 1.807) is 11.0 Å². The molecule has 1 aliphatic heterocycles. The van der Waals surface area contributed by atoms with E-state index in [-0.39, 0.29) is 18.4 Å². The molecular weight excluding hydrogens is 455 g/mol. The third-order valence-corrected chi connectivity index (χ3v) is 6.75. The number of carbonyl (C=O) groups excluding carboxylic acids is 2. The van der Waals surface area contributed by atoms with Crippen LogP contribution in [0.1, 0.15) is 69.1 Å². The minimum Gasteiger partial charge on any atom is -0.444 e. The number of rotatable bonds is 6. The van der Waals surface area contributed by atoms with Gasteiger partial charge in [0.2, 0.25) is 0 Å². The zero-order chi connectivity index (χ0) is 24.5. The van der Waals surface area contributed by atoms with Crippen molar-refractivity contribution in [3.8, 4) is 0 Å². The summed E-state index contributed by atoms with van der Waals surface area (Å²) < 4.78 is 20.8. The quantitative estimate of drug-likeness (QED) is 0.498. The van der Waals surface area contributed by atoms with Crippen molar-refractivity contribution >= 4 is 29.3 Å². The summed E-state index contributed by atoms with van der Waals surface area (Å²) in [5, 5.41) is 3.40. The fraction of sp³-hybridized carbons (Fsp3) is 0.481. The first-order chi connectivity index (χ1) is 16.0. The number of nitrogens with one attached hydrogen (secondary N) is 1. The smallest absolute Gasteiger partial charge is 0.410 e. The molecule has 0 spiro atoms. The molecule has 4 rings (SSSR count). The maximum Gasteiger partial charge on any atom is 0.410 e. The van der Waals surface area contributed by atoms with Crippen molar-refractivity contribution in [3.05, 3.63) is 64.2 Å². The van der Waals surface area contributed by atoms with Gasteiger partial charge in [0.25, 0.3) is 5.91 Å². The lowest BCUT2D eigenvalue weighted by Crippen LogP contribution is -2.44. The number of fused-ring (bicyclic) bond motifs is 3. The molecule has 0 bridgehead atoms. The third kappa shape index (κ3) is 5.38. The van der Waals surface area contributed by atoms with E-state index < -0.39 is 17.2 Å². The van der Waals surface area contributed by atoms with Crippen LogP contribution in [0.2, 0.25) is 5.02 Å². The lowest BCUT2D eigenvalue weighted by Gasteiger charge is -2.33. The van der Waals surface area contributed by atoms with E-state index in [1.165, 1.54) is 0 Å². The molecule has 2 unspecified atom stereocenters. The van der Waals surface area contributed by atoms with Gasteiger partial charge in [-0.05, 0) is 87.8 Å². The van der Waals surface area contributed by atoms with Gasteiger partial charge in [0.05, 0.1) is 0 Å². The van der Waals surface area contributed by atoms with Crippen LogP contribution in [0, 0.1) is 0 Å². The number of hydrogen-bond acceptors (Lipinski definition) is 3. The lowest BCUT2D eigenvalue weighted by molar-refractivity contribution is -0.128. The van der Waals surface area contributed by atoms with Crippen molar-refractivity contribution in [3.63, 3.8) is 0 Å². The second kappa shape index (κ2) is 9.57. The highest BCUT2D eigenvalue weighted by Gasteiger charge is 2.53. The molecule has 34 heavy (non-hydrogen) atoms. The molecule has 1 aliphatic carbocycles. The van der Waals surface area contributed by atoms with E-state index in [2.05, 4.69) is 5.32 Å². The topological polar surface area (TPSA) is 58.6 Å². The van der Waals surface area contributed by atoms with Gasteiger partial charge in [-0.1, -0.05) is 35.9 Å². The first-order valence-electron chi connectivity index (χ1n) is 11.9. The largest absolute Gasteiger partial charge is 0.444 e. The summed E-state index contributed by atoms with van der Waals surface area (Å²) in [5.41, 5.74) is 1.20. The monoisotopic (exact) mass is 486 g/mol. The first kappa shape index (κ1) is 24.5. The molecule has 0 aromatic heterocycles. The SMILES string of the molecule is CC(C)(C)OC(=O)N(CCCc1ccc2c(c1)NC(=O)C1(F)CCCC21)Cc1cccc(Cl)c1. The summed E-state index contributed by atoms with van der Waals surface area (Å²) in [4.78, 5) is 26.9. The van der Waals surface area contributed by atoms with Crippen molar-refractivity contribution < 1.29 is 18.7 Å². The number of halogens is 2. The summed E-state index contributed by atoms with van der Waals surface area (Å²) in [7, 11) is 0. The Morgan fingerprint density at radius 3 is 2.76 bits per heavy atom. The summed E-state index contributed by atoms with van der Waals surface area (Å²) >= 11 is 6.12. The second-order valence-corrected chi connectivity index (χ2v) is 10.8. The van der Waals surface area contributed by atoms with Crippen LogP contribution in [-0.4, -0.2) is 34.7 Å². The van der Waals surface area contributed by atoms with Gasteiger partial charge >= 0.3 is 6.09 Å². The zero-order valence-electron chi connectivity index (χ0n) is 20.0. The normalized spacial score (nSPS) is 21.4. The zero-order valence-corrected chi connectivity index (χ0v) is 20.8. The summed E-state index contributed by atoms with van der Waals surface area (Å²) in [6.45, 7) is 6.44. The minimum absolute atomic E-state index is 0.290. The molecule has 2 amide bonds. The average molecular weight is 487 g/mol. The van der Waals surface area contributed by atoms with E-state index in [4.69, 9.17) is 16.3 Å². The standard InChI is InChI=1S/C27H32ClFN2O3/c1-26(2,3)34-25(33)31(17-19-7-4-9-20(28)15-19)14-6-8-18-11-12-21-22-10-5-13-27(22,29)24(32)30-23(21)16-18/h4,7,9,11-12,15-16,22H,5-6,8,10,13-14,17H2,1-3H3,(H,30,32). The Kier molecular flexibility index (Phi) is 6.90. The number of anilines is 1. The number of aryl methyl sites for hydroxylation is 1. The molecule has 2 aromatic carbocycles. The van der Waals surface area contributed by atoms with Crippen LogP contribution < -0.4 is 5.32 Å². The number of ether oxygens (including phenoxy) is 1. The van der Waals surface area contributed by atoms with Crippen molar-refractivity contribution in [1.29, 1.82) is 0 Å². The molecule has 1 heterocycles. The maximum absolute atomic E-state index is 15.1. The van der Waals surface area contributed by atoms with E-state index in [1.807, 2.05) is 57.2 Å². The number of amides is 2. The van der Waals surface area contributed by atoms with Crippen LogP contribution in [0.5, 0.6) is 0 Å². The minimum atomic E-state index is -1.78. The number of hydrogen-bond donors (Lipinski definition) is 1.